The van der Waals surface area contributed by atoms with E-state index in [2.05, 4.69) is 5.10 Å². The quantitative estimate of drug-likeness (QED) is 0.902. The lowest BCUT2D eigenvalue weighted by molar-refractivity contribution is 0.441. The molecular formula is C14H18FN3O. The van der Waals surface area contributed by atoms with Crippen LogP contribution in [0.4, 0.5) is 4.39 Å². The van der Waals surface area contributed by atoms with E-state index in [1.165, 1.54) is 6.07 Å². The predicted molar refractivity (Wildman–Crippen MR) is 71.7 cm³/mol. The zero-order valence-electron chi connectivity index (χ0n) is 11.1. The van der Waals surface area contributed by atoms with Crippen molar-refractivity contribution in [2.75, 3.05) is 0 Å². The highest BCUT2D eigenvalue weighted by molar-refractivity contribution is 5.33. The molecule has 1 aromatic heterocycles. The van der Waals surface area contributed by atoms with Crippen molar-refractivity contribution in [1.82, 2.24) is 9.78 Å². The number of benzene rings is 1. The Balaban J connectivity index is 2.10. The second-order valence-electron chi connectivity index (χ2n) is 4.59. The fourth-order valence-electron chi connectivity index (χ4n) is 1.78. The van der Waals surface area contributed by atoms with Gasteiger partial charge in [-0.3, -0.25) is 4.68 Å². The van der Waals surface area contributed by atoms with Crippen LogP contribution >= 0.6 is 0 Å². The topological polar surface area (TPSA) is 53.1 Å². The van der Waals surface area contributed by atoms with Gasteiger partial charge in [0.25, 0.3) is 0 Å². The Bertz CT molecular complexity index is 553. The summed E-state index contributed by atoms with van der Waals surface area (Å²) in [5, 5.41) is 3.96. The first kappa shape index (κ1) is 13.5. The number of nitrogens with zero attached hydrogens (tertiary/aromatic N) is 2. The van der Waals surface area contributed by atoms with E-state index in [0.29, 0.717) is 12.2 Å². The second-order valence-corrected chi connectivity index (χ2v) is 4.59. The van der Waals surface area contributed by atoms with Crippen LogP contribution in [-0.2, 0) is 13.5 Å². The molecule has 0 amide bonds. The van der Waals surface area contributed by atoms with Crippen LogP contribution < -0.4 is 10.5 Å². The lowest BCUT2D eigenvalue weighted by Crippen LogP contribution is -2.21. The van der Waals surface area contributed by atoms with Crippen molar-refractivity contribution in [1.29, 1.82) is 0 Å². The van der Waals surface area contributed by atoms with Gasteiger partial charge in [0.05, 0.1) is 12.4 Å². The van der Waals surface area contributed by atoms with Gasteiger partial charge in [0.1, 0.15) is 0 Å². The molecule has 0 fully saturated rings. The second kappa shape index (κ2) is 5.84. The molecule has 19 heavy (non-hydrogen) atoms. The van der Waals surface area contributed by atoms with Gasteiger partial charge in [-0.2, -0.15) is 5.10 Å². The summed E-state index contributed by atoms with van der Waals surface area (Å²) in [7, 11) is 1.78. The number of aromatic nitrogens is 2. The van der Waals surface area contributed by atoms with Gasteiger partial charge in [0.2, 0.25) is 0 Å². The number of hydrogen-bond donors (Lipinski definition) is 1. The summed E-state index contributed by atoms with van der Waals surface area (Å²) >= 11 is 0. The number of ether oxygens (including phenoxy) is 1. The van der Waals surface area contributed by atoms with E-state index >= 15 is 0 Å². The first-order valence-electron chi connectivity index (χ1n) is 6.29. The third kappa shape index (κ3) is 3.54. The molecular weight excluding hydrogens is 245 g/mol. The number of rotatable bonds is 5. The molecule has 0 saturated heterocycles. The zero-order valence-corrected chi connectivity index (χ0v) is 11.1. The normalized spacial score (nSPS) is 12.4. The molecule has 2 N–H and O–H groups in total. The van der Waals surface area contributed by atoms with Crippen LogP contribution in [0.1, 0.15) is 18.9 Å². The fraction of sp³-hybridized carbons (Fsp3) is 0.357. The fourth-order valence-corrected chi connectivity index (χ4v) is 1.78. The van der Waals surface area contributed by atoms with Gasteiger partial charge in [-0.1, -0.05) is 13.0 Å². The van der Waals surface area contributed by atoms with Crippen molar-refractivity contribution in [3.63, 3.8) is 0 Å². The molecule has 0 aliphatic rings. The lowest BCUT2D eigenvalue weighted by Gasteiger charge is -2.10. The molecule has 0 aliphatic heterocycles. The van der Waals surface area contributed by atoms with Crippen molar-refractivity contribution in [2.24, 2.45) is 12.8 Å². The molecule has 0 spiro atoms. The van der Waals surface area contributed by atoms with E-state index < -0.39 is 0 Å². The van der Waals surface area contributed by atoms with Gasteiger partial charge < -0.3 is 10.5 Å². The monoisotopic (exact) mass is 263 g/mol. The highest BCUT2D eigenvalue weighted by Crippen LogP contribution is 2.25. The predicted octanol–water partition coefficient (Wildman–Crippen LogP) is 2.63. The Labute approximate surface area is 112 Å². The van der Waals surface area contributed by atoms with Gasteiger partial charge in [0.15, 0.2) is 17.3 Å². The average molecular weight is 263 g/mol. The van der Waals surface area contributed by atoms with Gasteiger partial charge in [-0.25, -0.2) is 4.39 Å². The van der Waals surface area contributed by atoms with E-state index in [1.54, 1.807) is 30.2 Å². The third-order valence-electron chi connectivity index (χ3n) is 2.93. The van der Waals surface area contributed by atoms with Crippen molar-refractivity contribution in [3.8, 4) is 11.5 Å². The summed E-state index contributed by atoms with van der Waals surface area (Å²) < 4.78 is 20.9. The Kier molecular flexibility index (Phi) is 4.16. The van der Waals surface area contributed by atoms with Gasteiger partial charge in [-0.05, 0) is 30.5 Å². The Morgan fingerprint density at radius 2 is 2.26 bits per heavy atom. The summed E-state index contributed by atoms with van der Waals surface area (Å²) in [6, 6.07) is 5.00. The SMILES string of the molecule is CCC(N)Cc1ccc(Oc2cnn(C)c2)c(F)c1. The van der Waals surface area contributed by atoms with Crippen molar-refractivity contribution in [3.05, 3.63) is 42.0 Å². The van der Waals surface area contributed by atoms with Gasteiger partial charge >= 0.3 is 0 Å². The molecule has 1 unspecified atom stereocenters. The molecule has 0 saturated carbocycles. The number of halogens is 1. The molecule has 2 rings (SSSR count). The average Bonchev–Trinajstić information content (AvgIpc) is 2.78. The molecule has 0 aliphatic carbocycles. The Morgan fingerprint density at radius 3 is 2.84 bits per heavy atom. The maximum atomic E-state index is 13.9. The summed E-state index contributed by atoms with van der Waals surface area (Å²) in [6.07, 6.45) is 4.76. The Morgan fingerprint density at radius 1 is 1.47 bits per heavy atom. The number of hydrogen-bond acceptors (Lipinski definition) is 3. The third-order valence-corrected chi connectivity index (χ3v) is 2.93. The zero-order chi connectivity index (χ0) is 13.8. The summed E-state index contributed by atoms with van der Waals surface area (Å²) in [4.78, 5) is 0. The molecule has 1 aromatic carbocycles. The highest BCUT2D eigenvalue weighted by atomic mass is 19.1. The minimum absolute atomic E-state index is 0.0597. The largest absolute Gasteiger partial charge is 0.451 e. The van der Waals surface area contributed by atoms with Crippen molar-refractivity contribution < 1.29 is 9.13 Å². The number of nitrogens with two attached hydrogens (primary N) is 1. The highest BCUT2D eigenvalue weighted by Gasteiger charge is 2.09. The maximum absolute atomic E-state index is 13.9. The molecule has 4 nitrogen and oxygen atoms in total. The van der Waals surface area contributed by atoms with Gasteiger partial charge in [-0.15, -0.1) is 0 Å². The van der Waals surface area contributed by atoms with Crippen LogP contribution in [0.25, 0.3) is 0 Å². The summed E-state index contributed by atoms with van der Waals surface area (Å²) in [5.41, 5.74) is 6.73. The van der Waals surface area contributed by atoms with E-state index in [1.807, 2.05) is 13.0 Å². The van der Waals surface area contributed by atoms with E-state index in [-0.39, 0.29) is 17.6 Å². The van der Waals surface area contributed by atoms with Crippen molar-refractivity contribution in [2.45, 2.75) is 25.8 Å². The van der Waals surface area contributed by atoms with Crippen molar-refractivity contribution >= 4 is 0 Å². The molecule has 0 bridgehead atoms. The smallest absolute Gasteiger partial charge is 0.165 e. The van der Waals surface area contributed by atoms with Crippen LogP contribution in [0, 0.1) is 5.82 Å². The first-order valence-corrected chi connectivity index (χ1v) is 6.29. The van der Waals surface area contributed by atoms with E-state index in [4.69, 9.17) is 10.5 Å². The minimum Gasteiger partial charge on any atom is -0.451 e. The van der Waals surface area contributed by atoms with Crippen LogP contribution in [0.2, 0.25) is 0 Å². The van der Waals surface area contributed by atoms with Crippen LogP contribution in [0.5, 0.6) is 11.5 Å². The summed E-state index contributed by atoms with van der Waals surface area (Å²) in [5.74, 6) is 0.325. The van der Waals surface area contributed by atoms with E-state index in [0.717, 1.165) is 12.0 Å². The van der Waals surface area contributed by atoms with Crippen LogP contribution in [0.15, 0.2) is 30.6 Å². The van der Waals surface area contributed by atoms with E-state index in [9.17, 15) is 4.39 Å². The minimum atomic E-state index is -0.385. The maximum Gasteiger partial charge on any atom is 0.165 e. The molecule has 1 heterocycles. The molecule has 102 valence electrons. The Hall–Kier alpha value is -1.88. The standard InChI is InChI=1S/C14H18FN3O/c1-3-11(16)6-10-4-5-14(13(15)7-10)19-12-8-17-18(2)9-12/h4-5,7-9,11H,3,6,16H2,1-2H3. The summed E-state index contributed by atoms with van der Waals surface area (Å²) in [6.45, 7) is 2.01. The molecule has 5 heteroatoms. The first-order chi connectivity index (χ1) is 9.08. The van der Waals surface area contributed by atoms with Crippen LogP contribution in [-0.4, -0.2) is 15.8 Å². The van der Waals surface area contributed by atoms with Crippen LogP contribution in [0.3, 0.4) is 0 Å². The molecule has 2 aromatic rings. The number of aryl methyl sites for hydroxylation is 1. The molecule has 0 radical (unpaired) electrons. The lowest BCUT2D eigenvalue weighted by atomic mass is 10.0. The molecule has 1 atom stereocenters. The van der Waals surface area contributed by atoms with Gasteiger partial charge in [0, 0.05) is 13.1 Å².